The zero-order valence-corrected chi connectivity index (χ0v) is 17.5. The summed E-state index contributed by atoms with van der Waals surface area (Å²) in [6.45, 7) is 8.30. The molecule has 0 spiro atoms. The second kappa shape index (κ2) is 8.22. The van der Waals surface area contributed by atoms with E-state index in [1.165, 1.54) is 12.1 Å². The number of hydrogen-bond donors (Lipinski definition) is 0. The fourth-order valence-electron chi connectivity index (χ4n) is 3.72. The fraction of sp³-hybridized carbons (Fsp3) is 0.364. The Balaban J connectivity index is 1.68. The highest BCUT2D eigenvalue weighted by atomic mass is 19.1. The van der Waals surface area contributed by atoms with Crippen LogP contribution in [0.4, 0.5) is 10.2 Å². The molecular formula is C22H25FN6O. The van der Waals surface area contributed by atoms with E-state index >= 15 is 0 Å². The molecule has 156 valence electrons. The van der Waals surface area contributed by atoms with Crippen molar-refractivity contribution in [3.05, 3.63) is 65.0 Å². The molecule has 0 bridgehead atoms. The third-order valence-electron chi connectivity index (χ3n) is 5.30. The summed E-state index contributed by atoms with van der Waals surface area (Å²) >= 11 is 0. The summed E-state index contributed by atoms with van der Waals surface area (Å²) in [4.78, 5) is 25.2. The number of amides is 1. The van der Waals surface area contributed by atoms with Gasteiger partial charge in [0.15, 0.2) is 5.82 Å². The van der Waals surface area contributed by atoms with E-state index in [4.69, 9.17) is 9.97 Å². The lowest BCUT2D eigenvalue weighted by molar-refractivity contribution is -0.129. The number of anilines is 1. The molecule has 1 aromatic carbocycles. The third-order valence-corrected chi connectivity index (χ3v) is 5.30. The lowest BCUT2D eigenvalue weighted by Gasteiger charge is -2.35. The van der Waals surface area contributed by atoms with Crippen molar-refractivity contribution in [2.75, 3.05) is 31.1 Å². The Kier molecular flexibility index (Phi) is 5.48. The van der Waals surface area contributed by atoms with E-state index in [1.54, 1.807) is 19.1 Å². The van der Waals surface area contributed by atoms with Crippen molar-refractivity contribution >= 4 is 11.7 Å². The number of hydrogen-bond acceptors (Lipinski definition) is 5. The van der Waals surface area contributed by atoms with E-state index < -0.39 is 0 Å². The molecule has 3 heterocycles. The Labute approximate surface area is 175 Å². The van der Waals surface area contributed by atoms with E-state index in [1.807, 2.05) is 35.6 Å². The minimum Gasteiger partial charge on any atom is -0.353 e. The van der Waals surface area contributed by atoms with Crippen LogP contribution in [0, 0.1) is 19.7 Å². The summed E-state index contributed by atoms with van der Waals surface area (Å²) in [5.74, 6) is 2.00. The summed E-state index contributed by atoms with van der Waals surface area (Å²) in [5, 5.41) is 4.57. The first-order chi connectivity index (χ1) is 14.4. The van der Waals surface area contributed by atoms with Crippen LogP contribution in [0.25, 0.3) is 5.82 Å². The average Bonchev–Trinajstić information content (AvgIpc) is 3.07. The molecule has 1 aliphatic heterocycles. The molecule has 4 rings (SSSR count). The van der Waals surface area contributed by atoms with Crippen molar-refractivity contribution in [2.24, 2.45) is 0 Å². The van der Waals surface area contributed by atoms with E-state index in [-0.39, 0.29) is 11.7 Å². The molecule has 1 amide bonds. The largest absolute Gasteiger partial charge is 0.353 e. The Bertz CT molecular complexity index is 1050. The molecule has 30 heavy (non-hydrogen) atoms. The number of aryl methyl sites for hydroxylation is 2. The second-order valence-corrected chi connectivity index (χ2v) is 7.64. The molecule has 0 saturated carbocycles. The Morgan fingerprint density at radius 1 is 1.00 bits per heavy atom. The topological polar surface area (TPSA) is 67.2 Å². The summed E-state index contributed by atoms with van der Waals surface area (Å²) < 4.78 is 15.1. The minimum absolute atomic E-state index is 0.0951. The van der Waals surface area contributed by atoms with Crippen molar-refractivity contribution < 1.29 is 9.18 Å². The maximum Gasteiger partial charge on any atom is 0.219 e. The van der Waals surface area contributed by atoms with Crippen LogP contribution in [0.1, 0.15) is 29.7 Å². The highest BCUT2D eigenvalue weighted by molar-refractivity contribution is 5.73. The Hall–Kier alpha value is -3.29. The van der Waals surface area contributed by atoms with Gasteiger partial charge in [0, 0.05) is 51.3 Å². The SMILES string of the molecule is CC(=O)N1CCN(c2cc(-n3nc(C)cc3C)nc(Cc3ccc(F)cc3)n2)CC1. The summed E-state index contributed by atoms with van der Waals surface area (Å²) in [6.07, 6.45) is 0.494. The molecular weight excluding hydrogens is 383 g/mol. The molecule has 8 heteroatoms. The Morgan fingerprint density at radius 3 is 2.27 bits per heavy atom. The average molecular weight is 408 g/mol. The molecule has 1 saturated heterocycles. The van der Waals surface area contributed by atoms with Crippen molar-refractivity contribution in [2.45, 2.75) is 27.2 Å². The van der Waals surface area contributed by atoms with Crippen molar-refractivity contribution in [1.82, 2.24) is 24.6 Å². The molecule has 2 aromatic heterocycles. The first-order valence-electron chi connectivity index (χ1n) is 10.1. The number of carbonyl (C=O) groups excluding carboxylic acids is 1. The van der Waals surface area contributed by atoms with Gasteiger partial charge in [-0.1, -0.05) is 12.1 Å². The highest BCUT2D eigenvalue weighted by Crippen LogP contribution is 2.20. The zero-order valence-electron chi connectivity index (χ0n) is 17.5. The van der Waals surface area contributed by atoms with Crippen LogP contribution in [0.2, 0.25) is 0 Å². The van der Waals surface area contributed by atoms with Gasteiger partial charge in [-0.15, -0.1) is 0 Å². The van der Waals surface area contributed by atoms with Gasteiger partial charge >= 0.3 is 0 Å². The van der Waals surface area contributed by atoms with E-state index in [2.05, 4.69) is 10.00 Å². The first kappa shape index (κ1) is 20.0. The number of halogens is 1. The number of carbonyl (C=O) groups is 1. The lowest BCUT2D eigenvalue weighted by Crippen LogP contribution is -2.48. The van der Waals surface area contributed by atoms with Gasteiger partial charge in [0.1, 0.15) is 17.5 Å². The van der Waals surface area contributed by atoms with Crippen LogP contribution in [0.15, 0.2) is 36.4 Å². The monoisotopic (exact) mass is 408 g/mol. The van der Waals surface area contributed by atoms with Gasteiger partial charge in [0.25, 0.3) is 0 Å². The van der Waals surface area contributed by atoms with Crippen LogP contribution in [0.5, 0.6) is 0 Å². The number of benzene rings is 1. The maximum absolute atomic E-state index is 13.3. The smallest absolute Gasteiger partial charge is 0.219 e. The molecule has 7 nitrogen and oxygen atoms in total. The number of nitrogens with zero attached hydrogens (tertiary/aromatic N) is 6. The van der Waals surface area contributed by atoms with Gasteiger partial charge in [-0.05, 0) is 37.6 Å². The normalized spacial score (nSPS) is 14.3. The van der Waals surface area contributed by atoms with E-state index in [0.29, 0.717) is 44.2 Å². The highest BCUT2D eigenvalue weighted by Gasteiger charge is 2.21. The minimum atomic E-state index is -0.264. The predicted molar refractivity (Wildman–Crippen MR) is 112 cm³/mol. The molecule has 3 aromatic rings. The number of piperazine rings is 1. The van der Waals surface area contributed by atoms with Gasteiger partial charge in [-0.25, -0.2) is 19.0 Å². The third kappa shape index (κ3) is 4.32. The van der Waals surface area contributed by atoms with Gasteiger partial charge in [-0.3, -0.25) is 4.79 Å². The van der Waals surface area contributed by atoms with Gasteiger partial charge in [0.05, 0.1) is 5.69 Å². The second-order valence-electron chi connectivity index (χ2n) is 7.64. The van der Waals surface area contributed by atoms with Crippen LogP contribution in [0.3, 0.4) is 0 Å². The fourth-order valence-corrected chi connectivity index (χ4v) is 3.72. The molecule has 0 aliphatic carbocycles. The summed E-state index contributed by atoms with van der Waals surface area (Å²) in [7, 11) is 0. The van der Waals surface area contributed by atoms with Gasteiger partial charge < -0.3 is 9.80 Å². The van der Waals surface area contributed by atoms with Crippen molar-refractivity contribution in [3.63, 3.8) is 0 Å². The molecule has 0 unspecified atom stereocenters. The summed E-state index contributed by atoms with van der Waals surface area (Å²) in [5.41, 5.74) is 2.85. The predicted octanol–water partition coefficient (Wildman–Crippen LogP) is 2.68. The van der Waals surface area contributed by atoms with E-state index in [9.17, 15) is 9.18 Å². The van der Waals surface area contributed by atoms with Crippen LogP contribution < -0.4 is 4.90 Å². The maximum atomic E-state index is 13.3. The molecule has 1 fully saturated rings. The zero-order chi connectivity index (χ0) is 21.3. The van der Waals surface area contributed by atoms with Crippen LogP contribution in [-0.2, 0) is 11.2 Å². The molecule has 0 atom stereocenters. The number of aromatic nitrogens is 4. The molecule has 1 aliphatic rings. The summed E-state index contributed by atoms with van der Waals surface area (Å²) in [6, 6.07) is 10.3. The first-order valence-corrected chi connectivity index (χ1v) is 10.1. The van der Waals surface area contributed by atoms with Crippen LogP contribution in [-0.4, -0.2) is 56.7 Å². The number of rotatable bonds is 4. The quantitative estimate of drug-likeness (QED) is 0.664. The Morgan fingerprint density at radius 2 is 1.67 bits per heavy atom. The van der Waals surface area contributed by atoms with Gasteiger partial charge in [0.2, 0.25) is 5.91 Å². The molecule has 0 N–H and O–H groups in total. The van der Waals surface area contributed by atoms with Gasteiger partial charge in [-0.2, -0.15) is 5.10 Å². The van der Waals surface area contributed by atoms with Crippen LogP contribution >= 0.6 is 0 Å². The lowest BCUT2D eigenvalue weighted by atomic mass is 10.1. The standard InChI is InChI=1S/C22H25FN6O/c1-15-12-16(2)29(26-15)22-14-21(28-10-8-27(9-11-28)17(3)30)24-20(25-22)13-18-4-6-19(23)7-5-18/h4-7,12,14H,8-11,13H2,1-3H3. The van der Waals surface area contributed by atoms with E-state index in [0.717, 1.165) is 22.8 Å². The van der Waals surface area contributed by atoms with Crippen molar-refractivity contribution in [1.29, 1.82) is 0 Å². The molecule has 0 radical (unpaired) electrons. The van der Waals surface area contributed by atoms with Crippen molar-refractivity contribution in [3.8, 4) is 5.82 Å².